The molecule has 1 unspecified atom stereocenters. The highest BCUT2D eigenvalue weighted by Gasteiger charge is 2.41. The van der Waals surface area contributed by atoms with Crippen LogP contribution in [0, 0.1) is 6.92 Å². The van der Waals surface area contributed by atoms with E-state index in [-0.39, 0.29) is 5.91 Å². The molecule has 3 heterocycles. The molecule has 1 aromatic carbocycles. The van der Waals surface area contributed by atoms with E-state index in [1.54, 1.807) is 11.3 Å². The predicted octanol–water partition coefficient (Wildman–Crippen LogP) is 4.76. The number of aryl methyl sites for hydroxylation is 1. The maximum atomic E-state index is 13.2. The van der Waals surface area contributed by atoms with Crippen LogP contribution in [0.25, 0.3) is 0 Å². The van der Waals surface area contributed by atoms with E-state index >= 15 is 0 Å². The van der Waals surface area contributed by atoms with E-state index in [1.165, 1.54) is 16.9 Å². The van der Waals surface area contributed by atoms with Gasteiger partial charge in [0, 0.05) is 42.6 Å². The van der Waals surface area contributed by atoms with E-state index in [1.807, 2.05) is 29.2 Å². The van der Waals surface area contributed by atoms with Gasteiger partial charge >= 0.3 is 0 Å². The summed E-state index contributed by atoms with van der Waals surface area (Å²) in [5.74, 6) is 0.914. The third kappa shape index (κ3) is 6.01. The van der Waals surface area contributed by atoms with Crippen molar-refractivity contribution in [2.24, 2.45) is 0 Å². The van der Waals surface area contributed by atoms with Crippen LogP contribution in [0.2, 0.25) is 5.02 Å². The van der Waals surface area contributed by atoms with Gasteiger partial charge in [0.25, 0.3) is 0 Å². The van der Waals surface area contributed by atoms with Crippen molar-refractivity contribution in [3.05, 3.63) is 51.2 Å². The number of amides is 1. The van der Waals surface area contributed by atoms with E-state index in [9.17, 15) is 4.79 Å². The maximum Gasteiger partial charge on any atom is 0.225 e. The number of nitrogens with zero attached hydrogens (tertiary/aromatic N) is 2. The fourth-order valence-corrected chi connectivity index (χ4v) is 5.42. The van der Waals surface area contributed by atoms with Gasteiger partial charge in [-0.05, 0) is 67.5 Å². The summed E-state index contributed by atoms with van der Waals surface area (Å²) in [5, 5.41) is 2.82. The minimum atomic E-state index is -0.655. The summed E-state index contributed by atoms with van der Waals surface area (Å²) in [6, 6.07) is 9.51. The quantitative estimate of drug-likeness (QED) is 0.594. The van der Waals surface area contributed by atoms with Crippen LogP contribution < -0.4 is 4.74 Å². The first kappa shape index (κ1) is 22.6. The second kappa shape index (κ2) is 10.3. The Morgan fingerprint density at radius 3 is 2.65 bits per heavy atom. The third-order valence-electron chi connectivity index (χ3n) is 6.16. The van der Waals surface area contributed by atoms with Gasteiger partial charge < -0.3 is 14.4 Å². The summed E-state index contributed by atoms with van der Waals surface area (Å²) >= 11 is 7.80. The van der Waals surface area contributed by atoms with Gasteiger partial charge in [-0.2, -0.15) is 0 Å². The summed E-state index contributed by atoms with van der Waals surface area (Å²) in [6.07, 6.45) is 3.73. The average Bonchev–Trinajstić information content (AvgIpc) is 3.18. The topological polar surface area (TPSA) is 42.0 Å². The Bertz CT molecular complexity index is 866. The molecule has 7 heteroatoms. The molecule has 1 amide bonds. The molecule has 4 rings (SSSR count). The van der Waals surface area contributed by atoms with Crippen LogP contribution in [-0.2, 0) is 16.1 Å². The molecule has 1 aromatic heterocycles. The molecule has 2 aliphatic rings. The molecule has 0 bridgehead atoms. The number of halogens is 1. The van der Waals surface area contributed by atoms with E-state index < -0.39 is 5.60 Å². The lowest BCUT2D eigenvalue weighted by Crippen LogP contribution is -2.57. The molecule has 2 aliphatic heterocycles. The first-order valence-corrected chi connectivity index (χ1v) is 12.3. The standard InChI is InChI=1S/C24H31ClN2O3S/c1-19-9-14-31-22(19)16-26-12-13-30-24(17-26,15-23(28)27-10-3-2-4-11-27)18-29-21-7-5-20(25)6-8-21/h5-9,14H,2-4,10-13,15-18H2,1H3. The molecule has 2 fully saturated rings. The number of hydrogen-bond donors (Lipinski definition) is 0. The SMILES string of the molecule is Cc1ccsc1CN1CCOC(COc2ccc(Cl)cc2)(CC(=O)N2CCCCC2)C1. The fraction of sp³-hybridized carbons (Fsp3) is 0.542. The van der Waals surface area contributed by atoms with Crippen molar-refractivity contribution in [2.75, 3.05) is 39.4 Å². The lowest BCUT2D eigenvalue weighted by Gasteiger charge is -2.43. The van der Waals surface area contributed by atoms with Gasteiger partial charge in [-0.3, -0.25) is 9.69 Å². The molecule has 168 valence electrons. The van der Waals surface area contributed by atoms with E-state index in [2.05, 4.69) is 23.3 Å². The van der Waals surface area contributed by atoms with Gasteiger partial charge in [-0.15, -0.1) is 11.3 Å². The summed E-state index contributed by atoms with van der Waals surface area (Å²) in [4.78, 5) is 18.9. The third-order valence-corrected chi connectivity index (χ3v) is 7.42. The van der Waals surface area contributed by atoms with Gasteiger partial charge in [0.2, 0.25) is 5.91 Å². The van der Waals surface area contributed by atoms with Crippen molar-refractivity contribution >= 4 is 28.8 Å². The molecule has 0 radical (unpaired) electrons. The van der Waals surface area contributed by atoms with Crippen LogP contribution >= 0.6 is 22.9 Å². The van der Waals surface area contributed by atoms with Crippen molar-refractivity contribution in [2.45, 2.75) is 44.8 Å². The van der Waals surface area contributed by atoms with Crippen molar-refractivity contribution in [3.63, 3.8) is 0 Å². The Morgan fingerprint density at radius 1 is 1.16 bits per heavy atom. The molecule has 0 aliphatic carbocycles. The largest absolute Gasteiger partial charge is 0.491 e. The Hall–Kier alpha value is -1.60. The van der Waals surface area contributed by atoms with Gasteiger partial charge in [0.1, 0.15) is 18.0 Å². The highest BCUT2D eigenvalue weighted by Crippen LogP contribution is 2.28. The Morgan fingerprint density at radius 2 is 1.94 bits per heavy atom. The zero-order valence-corrected chi connectivity index (χ0v) is 19.7. The van der Waals surface area contributed by atoms with Crippen molar-refractivity contribution in [3.8, 4) is 5.75 Å². The first-order chi connectivity index (χ1) is 15.0. The summed E-state index contributed by atoms with van der Waals surface area (Å²) in [6.45, 7) is 7.22. The van der Waals surface area contributed by atoms with E-state index in [4.69, 9.17) is 21.1 Å². The lowest BCUT2D eigenvalue weighted by molar-refractivity contribution is -0.157. The summed E-state index contributed by atoms with van der Waals surface area (Å²) in [7, 11) is 0. The number of carbonyl (C=O) groups excluding carboxylic acids is 1. The Balaban J connectivity index is 1.48. The van der Waals surface area contributed by atoms with Crippen molar-refractivity contribution < 1.29 is 14.3 Å². The molecular weight excluding hydrogens is 432 g/mol. The number of carbonyl (C=O) groups is 1. The van der Waals surface area contributed by atoms with Crippen LogP contribution in [0.15, 0.2) is 35.7 Å². The van der Waals surface area contributed by atoms with Crippen LogP contribution in [0.5, 0.6) is 5.75 Å². The van der Waals surface area contributed by atoms with Crippen LogP contribution in [0.1, 0.15) is 36.1 Å². The van der Waals surface area contributed by atoms with Crippen molar-refractivity contribution in [1.29, 1.82) is 0 Å². The number of morpholine rings is 1. The number of thiophene rings is 1. The smallest absolute Gasteiger partial charge is 0.225 e. The molecule has 5 nitrogen and oxygen atoms in total. The van der Waals surface area contributed by atoms with Crippen LogP contribution in [0.4, 0.5) is 0 Å². The maximum absolute atomic E-state index is 13.2. The number of likely N-dealkylation sites (tertiary alicyclic amines) is 1. The molecule has 0 spiro atoms. The number of ether oxygens (including phenoxy) is 2. The second-order valence-electron chi connectivity index (χ2n) is 8.63. The molecule has 2 saturated heterocycles. The van der Waals surface area contributed by atoms with Gasteiger partial charge in [0.15, 0.2) is 0 Å². The normalized spacial score (nSPS) is 22.5. The fourth-order valence-electron chi connectivity index (χ4n) is 4.35. The van der Waals surface area contributed by atoms with E-state index in [0.717, 1.165) is 44.8 Å². The van der Waals surface area contributed by atoms with Gasteiger partial charge in [-0.25, -0.2) is 0 Å². The average molecular weight is 463 g/mol. The Kier molecular flexibility index (Phi) is 7.54. The predicted molar refractivity (Wildman–Crippen MR) is 125 cm³/mol. The minimum Gasteiger partial charge on any atom is -0.491 e. The highest BCUT2D eigenvalue weighted by molar-refractivity contribution is 7.10. The molecule has 0 N–H and O–H groups in total. The molecule has 31 heavy (non-hydrogen) atoms. The van der Waals surface area contributed by atoms with Gasteiger partial charge in [0.05, 0.1) is 13.0 Å². The van der Waals surface area contributed by atoms with Crippen LogP contribution in [0.3, 0.4) is 0 Å². The zero-order valence-electron chi connectivity index (χ0n) is 18.1. The lowest BCUT2D eigenvalue weighted by atomic mass is 9.96. The number of benzene rings is 1. The second-order valence-corrected chi connectivity index (χ2v) is 10.1. The molecular formula is C24H31ClN2O3S. The van der Waals surface area contributed by atoms with Crippen molar-refractivity contribution in [1.82, 2.24) is 9.80 Å². The number of rotatable bonds is 7. The molecule has 1 atom stereocenters. The summed E-state index contributed by atoms with van der Waals surface area (Å²) < 4.78 is 12.4. The number of hydrogen-bond acceptors (Lipinski definition) is 5. The molecule has 0 saturated carbocycles. The van der Waals surface area contributed by atoms with Gasteiger partial charge in [-0.1, -0.05) is 11.6 Å². The number of piperidine rings is 1. The monoisotopic (exact) mass is 462 g/mol. The Labute approximate surface area is 193 Å². The highest BCUT2D eigenvalue weighted by atomic mass is 35.5. The zero-order chi connectivity index (χ0) is 21.7. The summed E-state index contributed by atoms with van der Waals surface area (Å²) in [5.41, 5.74) is 0.668. The molecule has 2 aromatic rings. The van der Waals surface area contributed by atoms with E-state index in [0.29, 0.717) is 31.2 Å². The van der Waals surface area contributed by atoms with Crippen LogP contribution in [-0.4, -0.2) is 60.7 Å². The first-order valence-electron chi connectivity index (χ1n) is 11.1. The minimum absolute atomic E-state index is 0.175.